The summed E-state index contributed by atoms with van der Waals surface area (Å²) in [6.07, 6.45) is 1.77. The van der Waals surface area contributed by atoms with Gasteiger partial charge in [0, 0.05) is 37.9 Å². The van der Waals surface area contributed by atoms with Crippen molar-refractivity contribution in [2.24, 2.45) is 0 Å². The zero-order chi connectivity index (χ0) is 19.5. The number of amides is 1. The number of benzene rings is 1. The topological polar surface area (TPSA) is 67.2 Å². The number of piperazine rings is 1. The van der Waals surface area contributed by atoms with Gasteiger partial charge in [0.1, 0.15) is 18.2 Å². The molecule has 1 aliphatic rings. The Morgan fingerprint density at radius 3 is 2.50 bits per heavy atom. The molecule has 1 aliphatic heterocycles. The predicted octanol–water partition coefficient (Wildman–Crippen LogP) is 2.59. The van der Waals surface area contributed by atoms with Crippen LogP contribution in [0.25, 0.3) is 11.4 Å². The third kappa shape index (κ3) is 4.04. The minimum atomic E-state index is -0.317. The molecule has 0 spiro atoms. The summed E-state index contributed by atoms with van der Waals surface area (Å²) in [5, 5.41) is 4.38. The van der Waals surface area contributed by atoms with Crippen LogP contribution in [0.2, 0.25) is 0 Å². The molecule has 0 aliphatic carbocycles. The van der Waals surface area contributed by atoms with E-state index in [0.29, 0.717) is 29.2 Å². The van der Waals surface area contributed by atoms with Crippen LogP contribution in [-0.2, 0) is 11.3 Å². The Bertz CT molecular complexity index is 954. The molecule has 1 amide bonds. The van der Waals surface area contributed by atoms with E-state index in [1.54, 1.807) is 18.3 Å². The Morgan fingerprint density at radius 1 is 1.07 bits per heavy atom. The van der Waals surface area contributed by atoms with Crippen molar-refractivity contribution < 1.29 is 9.18 Å². The second-order valence-electron chi connectivity index (χ2n) is 6.42. The number of hydrogen-bond donors (Lipinski definition) is 0. The van der Waals surface area contributed by atoms with Crippen molar-refractivity contribution in [2.75, 3.05) is 31.1 Å². The fourth-order valence-electron chi connectivity index (χ4n) is 3.10. The van der Waals surface area contributed by atoms with Crippen LogP contribution in [0.4, 0.5) is 10.2 Å². The minimum Gasteiger partial charge on any atom is -0.353 e. The number of halogens is 2. The van der Waals surface area contributed by atoms with Crippen LogP contribution in [0.15, 0.2) is 53.4 Å². The molecular formula is C19H18BrFN6O. The molecule has 28 heavy (non-hydrogen) atoms. The number of aromatic nitrogens is 4. The second-order valence-corrected chi connectivity index (χ2v) is 7.13. The summed E-state index contributed by atoms with van der Waals surface area (Å²) in [7, 11) is 0. The summed E-state index contributed by atoms with van der Waals surface area (Å²) < 4.78 is 15.1. The van der Waals surface area contributed by atoms with Crippen LogP contribution in [0.5, 0.6) is 0 Å². The van der Waals surface area contributed by atoms with Gasteiger partial charge < -0.3 is 9.80 Å². The zero-order valence-corrected chi connectivity index (χ0v) is 16.6. The molecule has 0 saturated carbocycles. The van der Waals surface area contributed by atoms with Gasteiger partial charge in [0.2, 0.25) is 5.91 Å². The monoisotopic (exact) mass is 444 g/mol. The summed E-state index contributed by atoms with van der Waals surface area (Å²) in [6.45, 7) is 2.83. The number of anilines is 1. The molecule has 144 valence electrons. The van der Waals surface area contributed by atoms with Gasteiger partial charge in [0.25, 0.3) is 0 Å². The molecule has 3 aromatic rings. The summed E-state index contributed by atoms with van der Waals surface area (Å²) >= 11 is 3.35. The highest BCUT2D eigenvalue weighted by molar-refractivity contribution is 9.10. The Labute approximate surface area is 169 Å². The molecular weight excluding hydrogens is 427 g/mol. The normalized spacial score (nSPS) is 14.4. The summed E-state index contributed by atoms with van der Waals surface area (Å²) in [5.41, 5.74) is 0.692. The van der Waals surface area contributed by atoms with Gasteiger partial charge in [0.15, 0.2) is 10.6 Å². The van der Waals surface area contributed by atoms with Crippen molar-refractivity contribution in [1.29, 1.82) is 0 Å². The van der Waals surface area contributed by atoms with E-state index in [0.717, 1.165) is 18.9 Å². The van der Waals surface area contributed by atoms with E-state index in [1.807, 2.05) is 23.1 Å². The highest BCUT2D eigenvalue weighted by Crippen LogP contribution is 2.19. The molecule has 9 heteroatoms. The lowest BCUT2D eigenvalue weighted by Crippen LogP contribution is -2.49. The molecule has 0 atom stereocenters. The lowest BCUT2D eigenvalue weighted by atomic mass is 10.2. The van der Waals surface area contributed by atoms with Crippen molar-refractivity contribution in [3.63, 3.8) is 0 Å². The smallest absolute Gasteiger partial charge is 0.244 e. The lowest BCUT2D eigenvalue weighted by molar-refractivity contribution is -0.132. The molecule has 1 saturated heterocycles. The number of rotatable bonds is 4. The maximum atomic E-state index is 13.1. The fraction of sp³-hybridized carbons (Fsp3) is 0.263. The van der Waals surface area contributed by atoms with Crippen molar-refractivity contribution in [3.8, 4) is 11.4 Å². The number of nitrogens with zero attached hydrogens (tertiary/aromatic N) is 6. The second kappa shape index (κ2) is 8.05. The Balaban J connectivity index is 1.38. The molecule has 0 unspecified atom stereocenters. The van der Waals surface area contributed by atoms with Gasteiger partial charge in [-0.15, -0.1) is 5.10 Å². The Morgan fingerprint density at radius 2 is 1.82 bits per heavy atom. The average Bonchev–Trinajstić information content (AvgIpc) is 3.09. The van der Waals surface area contributed by atoms with Crippen LogP contribution in [0.3, 0.4) is 0 Å². The standard InChI is InChI=1S/C19H18BrFN6O/c20-19-23-18(14-4-6-15(21)7-5-14)24-27(19)13-17(28)26-11-9-25(10-12-26)16-3-1-2-8-22-16/h1-8H,9-13H2. The third-order valence-corrected chi connectivity index (χ3v) is 5.21. The summed E-state index contributed by atoms with van der Waals surface area (Å²) in [6, 6.07) is 11.8. The Kier molecular flexibility index (Phi) is 5.34. The van der Waals surface area contributed by atoms with Gasteiger partial charge in [-0.05, 0) is 52.3 Å². The first-order valence-corrected chi connectivity index (χ1v) is 9.69. The molecule has 7 nitrogen and oxygen atoms in total. The van der Waals surface area contributed by atoms with E-state index < -0.39 is 0 Å². The average molecular weight is 445 g/mol. The lowest BCUT2D eigenvalue weighted by Gasteiger charge is -2.35. The molecule has 0 N–H and O–H groups in total. The van der Waals surface area contributed by atoms with Gasteiger partial charge in [-0.1, -0.05) is 6.07 Å². The quantitative estimate of drug-likeness (QED) is 0.618. The first kappa shape index (κ1) is 18.5. The van der Waals surface area contributed by atoms with E-state index >= 15 is 0 Å². The maximum absolute atomic E-state index is 13.1. The molecule has 1 aromatic carbocycles. The van der Waals surface area contributed by atoms with Crippen LogP contribution in [0, 0.1) is 5.82 Å². The van der Waals surface area contributed by atoms with E-state index in [9.17, 15) is 9.18 Å². The van der Waals surface area contributed by atoms with Gasteiger partial charge in [-0.3, -0.25) is 4.79 Å². The summed E-state index contributed by atoms with van der Waals surface area (Å²) in [5.74, 6) is 1.04. The maximum Gasteiger partial charge on any atom is 0.244 e. The largest absolute Gasteiger partial charge is 0.353 e. The van der Waals surface area contributed by atoms with E-state index in [4.69, 9.17) is 0 Å². The van der Waals surface area contributed by atoms with Crippen molar-refractivity contribution >= 4 is 27.7 Å². The third-order valence-electron chi connectivity index (χ3n) is 4.62. The van der Waals surface area contributed by atoms with Gasteiger partial charge in [-0.2, -0.15) is 0 Å². The molecule has 0 radical (unpaired) electrons. The van der Waals surface area contributed by atoms with E-state index in [1.165, 1.54) is 16.8 Å². The number of carbonyl (C=O) groups excluding carboxylic acids is 1. The highest BCUT2D eigenvalue weighted by atomic mass is 79.9. The zero-order valence-electron chi connectivity index (χ0n) is 15.0. The number of pyridine rings is 1. The van der Waals surface area contributed by atoms with Crippen LogP contribution in [-0.4, -0.2) is 56.7 Å². The van der Waals surface area contributed by atoms with E-state index in [2.05, 4.69) is 35.9 Å². The van der Waals surface area contributed by atoms with Gasteiger partial charge in [0.05, 0.1) is 0 Å². The fourth-order valence-corrected chi connectivity index (χ4v) is 3.47. The van der Waals surface area contributed by atoms with E-state index in [-0.39, 0.29) is 18.3 Å². The van der Waals surface area contributed by atoms with Gasteiger partial charge in [-0.25, -0.2) is 19.0 Å². The molecule has 1 fully saturated rings. The predicted molar refractivity (Wildman–Crippen MR) is 106 cm³/mol. The van der Waals surface area contributed by atoms with Crippen molar-refractivity contribution in [3.05, 3.63) is 59.2 Å². The summed E-state index contributed by atoms with van der Waals surface area (Å²) in [4.78, 5) is 25.4. The number of hydrogen-bond acceptors (Lipinski definition) is 5. The first-order chi connectivity index (χ1) is 13.6. The van der Waals surface area contributed by atoms with Gasteiger partial charge >= 0.3 is 0 Å². The van der Waals surface area contributed by atoms with Crippen LogP contribution in [0.1, 0.15) is 0 Å². The first-order valence-electron chi connectivity index (χ1n) is 8.90. The SMILES string of the molecule is O=C(Cn1nc(-c2ccc(F)cc2)nc1Br)N1CCN(c2ccccn2)CC1. The Hall–Kier alpha value is -2.81. The van der Waals surface area contributed by atoms with Crippen molar-refractivity contribution in [2.45, 2.75) is 6.54 Å². The van der Waals surface area contributed by atoms with Crippen LogP contribution >= 0.6 is 15.9 Å². The van der Waals surface area contributed by atoms with Crippen molar-refractivity contribution in [1.82, 2.24) is 24.6 Å². The number of carbonyl (C=O) groups is 1. The van der Waals surface area contributed by atoms with Crippen LogP contribution < -0.4 is 4.90 Å². The molecule has 0 bridgehead atoms. The highest BCUT2D eigenvalue weighted by Gasteiger charge is 2.23. The molecule has 2 aromatic heterocycles. The molecule has 3 heterocycles. The molecule has 4 rings (SSSR count). The minimum absolute atomic E-state index is 0.0167.